The van der Waals surface area contributed by atoms with Crippen LogP contribution in [0.5, 0.6) is 0 Å². The van der Waals surface area contributed by atoms with Gasteiger partial charge in [0.1, 0.15) is 5.82 Å². The third-order valence-electron chi connectivity index (χ3n) is 4.00. The zero-order valence-electron chi connectivity index (χ0n) is 11.3. The lowest BCUT2D eigenvalue weighted by Gasteiger charge is -2.41. The molecule has 1 aliphatic heterocycles. The van der Waals surface area contributed by atoms with Gasteiger partial charge in [-0.3, -0.25) is 0 Å². The average molecular weight is 236 g/mol. The van der Waals surface area contributed by atoms with Crippen LogP contribution in [0, 0.1) is 5.92 Å². The summed E-state index contributed by atoms with van der Waals surface area (Å²) in [7, 11) is 2.22. The fourth-order valence-electron chi connectivity index (χ4n) is 2.69. The van der Waals surface area contributed by atoms with Crippen LogP contribution in [0.3, 0.4) is 0 Å². The van der Waals surface area contributed by atoms with Gasteiger partial charge in [0.2, 0.25) is 0 Å². The Morgan fingerprint density at radius 3 is 2.94 bits per heavy atom. The van der Waals surface area contributed by atoms with Crippen molar-refractivity contribution in [2.75, 3.05) is 13.6 Å². The number of rotatable bonds is 3. The van der Waals surface area contributed by atoms with Gasteiger partial charge >= 0.3 is 0 Å². The van der Waals surface area contributed by atoms with Crippen LogP contribution in [0.15, 0.2) is 12.4 Å². The molecular weight excluding hydrogens is 212 g/mol. The molecule has 0 aliphatic carbocycles. The highest BCUT2D eigenvalue weighted by Gasteiger charge is 2.29. The predicted octanol–water partition coefficient (Wildman–Crippen LogP) is 1.79. The molecule has 0 saturated carbocycles. The predicted molar refractivity (Wildman–Crippen MR) is 69.8 cm³/mol. The smallest absolute Gasteiger partial charge is 0.122 e. The lowest BCUT2D eigenvalue weighted by Crippen LogP contribution is -2.51. The van der Waals surface area contributed by atoms with Crippen LogP contribution in [0.4, 0.5) is 0 Å². The summed E-state index contributed by atoms with van der Waals surface area (Å²) in [5.74, 6) is 1.72. The van der Waals surface area contributed by atoms with Gasteiger partial charge in [-0.1, -0.05) is 6.92 Å². The summed E-state index contributed by atoms with van der Waals surface area (Å²) in [5, 5.41) is 3.70. The van der Waals surface area contributed by atoms with E-state index < -0.39 is 0 Å². The van der Waals surface area contributed by atoms with E-state index in [0.717, 1.165) is 5.82 Å². The maximum absolute atomic E-state index is 4.31. The Balaban J connectivity index is 1.94. The molecule has 2 rings (SSSR count). The molecular formula is C13H24N4. The molecule has 96 valence electrons. The van der Waals surface area contributed by atoms with E-state index in [0.29, 0.717) is 24.0 Å². The maximum atomic E-state index is 4.31. The van der Waals surface area contributed by atoms with Gasteiger partial charge in [0.15, 0.2) is 0 Å². The number of hydrogen-bond donors (Lipinski definition) is 2. The largest absolute Gasteiger partial charge is 0.347 e. The standard InChI is InChI=1S/C13H24N4/c1-9-8-17(4)10(2)7-12(9)16-11(3)13-14-5-6-15-13/h5-6,9-12,16H,7-8H2,1-4H3,(H,14,15). The van der Waals surface area contributed by atoms with Gasteiger partial charge in [0, 0.05) is 31.0 Å². The SMILES string of the molecule is CC(NC1CC(C)N(C)CC1C)c1ncc[nH]1. The highest BCUT2D eigenvalue weighted by atomic mass is 15.2. The molecule has 4 nitrogen and oxygen atoms in total. The molecule has 4 atom stereocenters. The highest BCUT2D eigenvalue weighted by molar-refractivity contribution is 4.96. The molecule has 0 aromatic carbocycles. The van der Waals surface area contributed by atoms with E-state index in [1.54, 1.807) is 0 Å². The van der Waals surface area contributed by atoms with E-state index >= 15 is 0 Å². The lowest BCUT2D eigenvalue weighted by atomic mass is 9.89. The summed E-state index contributed by atoms with van der Waals surface area (Å²) in [6.45, 7) is 7.98. The van der Waals surface area contributed by atoms with E-state index in [1.807, 2.05) is 12.4 Å². The number of nitrogens with zero attached hydrogens (tertiary/aromatic N) is 2. The summed E-state index contributed by atoms with van der Waals surface area (Å²) >= 11 is 0. The van der Waals surface area contributed by atoms with Gasteiger partial charge in [-0.2, -0.15) is 0 Å². The third-order valence-corrected chi connectivity index (χ3v) is 4.00. The van der Waals surface area contributed by atoms with Crippen molar-refractivity contribution in [1.82, 2.24) is 20.2 Å². The minimum Gasteiger partial charge on any atom is -0.347 e. The van der Waals surface area contributed by atoms with Gasteiger partial charge in [-0.05, 0) is 33.2 Å². The summed E-state index contributed by atoms with van der Waals surface area (Å²) in [5.41, 5.74) is 0. The lowest BCUT2D eigenvalue weighted by molar-refractivity contribution is 0.116. The number of nitrogens with one attached hydrogen (secondary N) is 2. The summed E-state index contributed by atoms with van der Waals surface area (Å²) in [6, 6.07) is 1.54. The van der Waals surface area contributed by atoms with Crippen LogP contribution >= 0.6 is 0 Å². The van der Waals surface area contributed by atoms with Crippen molar-refractivity contribution in [2.45, 2.75) is 45.3 Å². The molecule has 1 aliphatic rings. The molecule has 0 amide bonds. The quantitative estimate of drug-likeness (QED) is 0.841. The minimum atomic E-state index is 0.299. The molecule has 17 heavy (non-hydrogen) atoms. The van der Waals surface area contributed by atoms with E-state index in [-0.39, 0.29) is 0 Å². The van der Waals surface area contributed by atoms with Gasteiger partial charge in [0.25, 0.3) is 0 Å². The van der Waals surface area contributed by atoms with Crippen molar-refractivity contribution in [3.8, 4) is 0 Å². The maximum Gasteiger partial charge on any atom is 0.122 e. The van der Waals surface area contributed by atoms with Gasteiger partial charge < -0.3 is 15.2 Å². The second-order valence-corrected chi connectivity index (χ2v) is 5.47. The minimum absolute atomic E-state index is 0.299. The van der Waals surface area contributed by atoms with Crippen LogP contribution in [-0.2, 0) is 0 Å². The first kappa shape index (κ1) is 12.6. The zero-order valence-corrected chi connectivity index (χ0v) is 11.3. The average Bonchev–Trinajstić information content (AvgIpc) is 2.79. The van der Waals surface area contributed by atoms with Crippen molar-refractivity contribution in [3.63, 3.8) is 0 Å². The molecule has 4 heteroatoms. The molecule has 1 fully saturated rings. The number of likely N-dealkylation sites (tertiary alicyclic amines) is 1. The first-order chi connectivity index (χ1) is 8.08. The molecule has 0 spiro atoms. The Hall–Kier alpha value is -0.870. The Kier molecular flexibility index (Phi) is 3.84. The van der Waals surface area contributed by atoms with Crippen LogP contribution < -0.4 is 5.32 Å². The molecule has 0 bridgehead atoms. The number of aromatic amines is 1. The Bertz CT molecular complexity index is 335. The van der Waals surface area contributed by atoms with E-state index in [4.69, 9.17) is 0 Å². The molecule has 1 aromatic heterocycles. The highest BCUT2D eigenvalue weighted by Crippen LogP contribution is 2.22. The summed E-state index contributed by atoms with van der Waals surface area (Å²) < 4.78 is 0. The Labute approximate surface area is 104 Å². The van der Waals surface area contributed by atoms with Crippen molar-refractivity contribution < 1.29 is 0 Å². The first-order valence-corrected chi connectivity index (χ1v) is 6.53. The van der Waals surface area contributed by atoms with Crippen LogP contribution in [0.2, 0.25) is 0 Å². The Morgan fingerprint density at radius 1 is 1.53 bits per heavy atom. The molecule has 2 heterocycles. The normalized spacial score (nSPS) is 32.6. The zero-order chi connectivity index (χ0) is 12.4. The second-order valence-electron chi connectivity index (χ2n) is 5.47. The van der Waals surface area contributed by atoms with Crippen LogP contribution in [-0.4, -0.2) is 40.5 Å². The van der Waals surface area contributed by atoms with Crippen LogP contribution in [0.25, 0.3) is 0 Å². The molecule has 2 N–H and O–H groups in total. The number of H-pyrrole nitrogens is 1. The van der Waals surface area contributed by atoms with Crippen molar-refractivity contribution in [1.29, 1.82) is 0 Å². The number of hydrogen-bond acceptors (Lipinski definition) is 3. The Morgan fingerprint density at radius 2 is 2.29 bits per heavy atom. The van der Waals surface area contributed by atoms with Crippen molar-refractivity contribution in [3.05, 3.63) is 18.2 Å². The molecule has 1 saturated heterocycles. The summed E-state index contributed by atoms with van der Waals surface area (Å²) in [6.07, 6.45) is 4.91. The monoisotopic (exact) mass is 236 g/mol. The number of piperidine rings is 1. The molecule has 0 radical (unpaired) electrons. The van der Waals surface area contributed by atoms with Gasteiger partial charge in [-0.25, -0.2) is 4.98 Å². The van der Waals surface area contributed by atoms with Gasteiger partial charge in [0.05, 0.1) is 6.04 Å². The van der Waals surface area contributed by atoms with E-state index in [9.17, 15) is 0 Å². The molecule has 1 aromatic rings. The first-order valence-electron chi connectivity index (χ1n) is 6.53. The van der Waals surface area contributed by atoms with E-state index in [2.05, 4.69) is 48.0 Å². The van der Waals surface area contributed by atoms with Gasteiger partial charge in [-0.15, -0.1) is 0 Å². The fraction of sp³-hybridized carbons (Fsp3) is 0.769. The third kappa shape index (κ3) is 2.87. The van der Waals surface area contributed by atoms with Crippen molar-refractivity contribution in [2.24, 2.45) is 5.92 Å². The topological polar surface area (TPSA) is 44.0 Å². The number of aromatic nitrogens is 2. The van der Waals surface area contributed by atoms with Crippen LogP contribution in [0.1, 0.15) is 39.1 Å². The number of imidazole rings is 1. The van der Waals surface area contributed by atoms with Crippen molar-refractivity contribution >= 4 is 0 Å². The second kappa shape index (κ2) is 5.19. The summed E-state index contributed by atoms with van der Waals surface area (Å²) in [4.78, 5) is 9.93. The van der Waals surface area contributed by atoms with E-state index in [1.165, 1.54) is 13.0 Å². The molecule has 4 unspecified atom stereocenters. The fourth-order valence-corrected chi connectivity index (χ4v) is 2.69.